The number of aryl methyl sites for hydroxylation is 3. The largest absolute Gasteiger partial charge is 0.307 e. The van der Waals surface area contributed by atoms with E-state index < -0.39 is 0 Å². The Labute approximate surface area is 126 Å². The number of hydrogen-bond acceptors (Lipinski definition) is 2. The summed E-state index contributed by atoms with van der Waals surface area (Å²) in [6.45, 7) is 8.70. The fraction of sp³-hybridized carbons (Fsp3) is 0.438. The number of nitrogens with one attached hydrogen (secondary N) is 1. The van der Waals surface area contributed by atoms with Crippen LogP contribution in [-0.2, 0) is 26.1 Å². The van der Waals surface area contributed by atoms with Crippen LogP contribution in [0.4, 0.5) is 0 Å². The number of benzene rings is 1. The maximum atomic E-state index is 6.39. The number of aromatic nitrogens is 2. The highest BCUT2D eigenvalue weighted by molar-refractivity contribution is 6.31. The SMILES string of the molecule is CCc1nn(CC)c(CNCc2ccc(C)cc2)c1Cl. The maximum absolute atomic E-state index is 6.39. The quantitative estimate of drug-likeness (QED) is 0.879. The summed E-state index contributed by atoms with van der Waals surface area (Å²) in [7, 11) is 0. The van der Waals surface area contributed by atoms with Crippen molar-refractivity contribution < 1.29 is 0 Å². The van der Waals surface area contributed by atoms with Crippen molar-refractivity contribution in [3.63, 3.8) is 0 Å². The van der Waals surface area contributed by atoms with Crippen LogP contribution in [0.25, 0.3) is 0 Å². The molecule has 1 aromatic heterocycles. The molecule has 1 aromatic carbocycles. The summed E-state index contributed by atoms with van der Waals surface area (Å²) in [6, 6.07) is 8.57. The van der Waals surface area contributed by atoms with Crippen molar-refractivity contribution in [2.45, 2.75) is 46.8 Å². The van der Waals surface area contributed by atoms with Crippen LogP contribution in [-0.4, -0.2) is 9.78 Å². The van der Waals surface area contributed by atoms with Gasteiger partial charge in [0.1, 0.15) is 0 Å². The lowest BCUT2D eigenvalue weighted by Gasteiger charge is -2.08. The second-order valence-electron chi connectivity index (χ2n) is 4.97. The zero-order valence-corrected chi connectivity index (χ0v) is 13.2. The Balaban J connectivity index is 2.00. The van der Waals surface area contributed by atoms with Gasteiger partial charge in [-0.05, 0) is 25.8 Å². The molecule has 2 rings (SSSR count). The summed E-state index contributed by atoms with van der Waals surface area (Å²) in [5.41, 5.74) is 4.64. The summed E-state index contributed by atoms with van der Waals surface area (Å²) in [6.07, 6.45) is 0.872. The first-order valence-corrected chi connectivity index (χ1v) is 7.53. The molecule has 0 bridgehead atoms. The molecule has 0 aliphatic heterocycles. The Morgan fingerprint density at radius 3 is 2.45 bits per heavy atom. The molecular weight excluding hydrogens is 270 g/mol. The molecule has 1 N–H and O–H groups in total. The minimum atomic E-state index is 0.744. The Kier molecular flexibility index (Phi) is 5.21. The number of hydrogen-bond donors (Lipinski definition) is 1. The number of halogens is 1. The predicted octanol–water partition coefficient (Wildman–Crippen LogP) is 3.72. The van der Waals surface area contributed by atoms with Gasteiger partial charge in [-0.15, -0.1) is 0 Å². The fourth-order valence-electron chi connectivity index (χ4n) is 2.22. The van der Waals surface area contributed by atoms with Gasteiger partial charge in [0, 0.05) is 19.6 Å². The summed E-state index contributed by atoms with van der Waals surface area (Å²) in [5.74, 6) is 0. The third-order valence-electron chi connectivity index (χ3n) is 3.44. The van der Waals surface area contributed by atoms with Gasteiger partial charge in [0.2, 0.25) is 0 Å². The van der Waals surface area contributed by atoms with Gasteiger partial charge in [-0.2, -0.15) is 5.10 Å². The Morgan fingerprint density at radius 2 is 1.85 bits per heavy atom. The first kappa shape index (κ1) is 15.1. The van der Waals surface area contributed by atoms with Gasteiger partial charge in [0.15, 0.2) is 0 Å². The third kappa shape index (κ3) is 3.41. The minimum Gasteiger partial charge on any atom is -0.307 e. The predicted molar refractivity (Wildman–Crippen MR) is 84.0 cm³/mol. The number of nitrogens with zero attached hydrogens (tertiary/aromatic N) is 2. The summed E-state index contributed by atoms with van der Waals surface area (Å²) in [5, 5.41) is 8.78. The lowest BCUT2D eigenvalue weighted by atomic mass is 10.1. The molecule has 0 aliphatic carbocycles. The van der Waals surface area contributed by atoms with E-state index in [0.717, 1.165) is 42.5 Å². The zero-order chi connectivity index (χ0) is 14.5. The van der Waals surface area contributed by atoms with Gasteiger partial charge in [0.05, 0.1) is 16.4 Å². The summed E-state index contributed by atoms with van der Waals surface area (Å²) in [4.78, 5) is 0. The molecule has 0 unspecified atom stereocenters. The maximum Gasteiger partial charge on any atom is 0.0863 e. The molecule has 0 amide bonds. The van der Waals surface area contributed by atoms with E-state index in [1.807, 2.05) is 4.68 Å². The van der Waals surface area contributed by atoms with E-state index in [4.69, 9.17) is 11.6 Å². The van der Waals surface area contributed by atoms with Crippen LogP contribution in [0, 0.1) is 6.92 Å². The molecule has 0 fully saturated rings. The van der Waals surface area contributed by atoms with Crippen LogP contribution < -0.4 is 5.32 Å². The van der Waals surface area contributed by atoms with Crippen molar-refractivity contribution in [3.05, 3.63) is 51.8 Å². The van der Waals surface area contributed by atoms with Crippen molar-refractivity contribution in [1.82, 2.24) is 15.1 Å². The van der Waals surface area contributed by atoms with Crippen molar-refractivity contribution in [2.24, 2.45) is 0 Å². The van der Waals surface area contributed by atoms with Gasteiger partial charge in [0.25, 0.3) is 0 Å². The molecule has 2 aromatic rings. The normalized spacial score (nSPS) is 11.0. The van der Waals surface area contributed by atoms with Gasteiger partial charge >= 0.3 is 0 Å². The van der Waals surface area contributed by atoms with E-state index in [-0.39, 0.29) is 0 Å². The molecule has 3 nitrogen and oxygen atoms in total. The third-order valence-corrected chi connectivity index (χ3v) is 3.87. The topological polar surface area (TPSA) is 29.9 Å². The Morgan fingerprint density at radius 1 is 1.15 bits per heavy atom. The van der Waals surface area contributed by atoms with Crippen LogP contribution in [0.2, 0.25) is 5.02 Å². The highest BCUT2D eigenvalue weighted by Crippen LogP contribution is 2.21. The molecule has 4 heteroatoms. The van der Waals surface area contributed by atoms with Crippen LogP contribution in [0.1, 0.15) is 36.4 Å². The van der Waals surface area contributed by atoms with Crippen LogP contribution in [0.3, 0.4) is 0 Å². The summed E-state index contributed by atoms with van der Waals surface area (Å²) >= 11 is 6.39. The zero-order valence-electron chi connectivity index (χ0n) is 12.4. The molecule has 0 atom stereocenters. The smallest absolute Gasteiger partial charge is 0.0863 e. The van der Waals surface area contributed by atoms with E-state index in [0.29, 0.717) is 0 Å². The van der Waals surface area contributed by atoms with Crippen molar-refractivity contribution >= 4 is 11.6 Å². The second-order valence-corrected chi connectivity index (χ2v) is 5.34. The van der Waals surface area contributed by atoms with Gasteiger partial charge in [-0.1, -0.05) is 48.4 Å². The molecular formula is C16H22ClN3. The van der Waals surface area contributed by atoms with Gasteiger partial charge < -0.3 is 5.32 Å². The molecule has 20 heavy (non-hydrogen) atoms. The lowest BCUT2D eigenvalue weighted by molar-refractivity contribution is 0.577. The molecule has 108 valence electrons. The molecule has 0 saturated heterocycles. The average molecular weight is 292 g/mol. The molecule has 1 heterocycles. The molecule has 0 saturated carbocycles. The highest BCUT2D eigenvalue weighted by atomic mass is 35.5. The Hall–Kier alpha value is -1.32. The minimum absolute atomic E-state index is 0.744. The van der Waals surface area contributed by atoms with Crippen LogP contribution in [0.5, 0.6) is 0 Å². The summed E-state index contributed by atoms with van der Waals surface area (Å²) < 4.78 is 1.99. The van der Waals surface area contributed by atoms with E-state index in [1.54, 1.807) is 0 Å². The van der Waals surface area contributed by atoms with E-state index in [1.165, 1.54) is 11.1 Å². The fourth-order valence-corrected chi connectivity index (χ4v) is 2.55. The Bertz CT molecular complexity index is 558. The molecule has 0 spiro atoms. The monoisotopic (exact) mass is 291 g/mol. The second kappa shape index (κ2) is 6.91. The van der Waals surface area contributed by atoms with E-state index in [9.17, 15) is 0 Å². The van der Waals surface area contributed by atoms with Crippen molar-refractivity contribution in [3.8, 4) is 0 Å². The first-order valence-electron chi connectivity index (χ1n) is 7.16. The first-order chi connectivity index (χ1) is 9.65. The highest BCUT2D eigenvalue weighted by Gasteiger charge is 2.13. The van der Waals surface area contributed by atoms with E-state index in [2.05, 4.69) is 55.5 Å². The van der Waals surface area contributed by atoms with Crippen LogP contribution in [0.15, 0.2) is 24.3 Å². The average Bonchev–Trinajstić information content (AvgIpc) is 2.77. The van der Waals surface area contributed by atoms with Crippen molar-refractivity contribution in [2.75, 3.05) is 0 Å². The molecule has 0 aliphatic rings. The standard InChI is InChI=1S/C16H22ClN3/c1-4-14-16(17)15(20(5-2)19-14)11-18-10-13-8-6-12(3)7-9-13/h6-9,18H,4-5,10-11H2,1-3H3. The van der Waals surface area contributed by atoms with Gasteiger partial charge in [-0.25, -0.2) is 0 Å². The van der Waals surface area contributed by atoms with E-state index >= 15 is 0 Å². The lowest BCUT2D eigenvalue weighted by Crippen LogP contribution is -2.16. The number of rotatable bonds is 6. The van der Waals surface area contributed by atoms with Crippen LogP contribution >= 0.6 is 11.6 Å². The van der Waals surface area contributed by atoms with Gasteiger partial charge in [-0.3, -0.25) is 4.68 Å². The molecule has 0 radical (unpaired) electrons. The van der Waals surface area contributed by atoms with Crippen molar-refractivity contribution in [1.29, 1.82) is 0 Å².